The van der Waals surface area contributed by atoms with E-state index in [9.17, 15) is 19.5 Å². The number of benzene rings is 2. The zero-order chi connectivity index (χ0) is 18.2. The molecule has 2 rings (SSSR count). The molecular formula is C17H15BrN2O5. The fourth-order valence-corrected chi connectivity index (χ4v) is 2.23. The minimum atomic E-state index is -0.876. The second-order valence-electron chi connectivity index (χ2n) is 4.95. The first kappa shape index (κ1) is 18.5. The van der Waals surface area contributed by atoms with Crippen molar-refractivity contribution in [2.24, 2.45) is 0 Å². The fourth-order valence-electron chi connectivity index (χ4n) is 1.87. The maximum Gasteiger partial charge on any atom is 0.342 e. The number of halogens is 1. The molecule has 0 aliphatic rings. The molecule has 3 N–H and O–H groups in total. The number of ether oxygens (including phenoxy) is 1. The Balaban J connectivity index is 1.77. The predicted molar refractivity (Wildman–Crippen MR) is 92.9 cm³/mol. The van der Waals surface area contributed by atoms with Gasteiger partial charge in [0, 0.05) is 11.0 Å². The minimum Gasteiger partial charge on any atom is -0.507 e. The number of esters is 1. The molecule has 0 saturated carbocycles. The number of amides is 3. The number of aromatic hydroxyl groups is 1. The summed E-state index contributed by atoms with van der Waals surface area (Å²) < 4.78 is 5.35. The number of nitrogens with one attached hydrogen (secondary N) is 2. The molecule has 7 nitrogen and oxygen atoms in total. The lowest BCUT2D eigenvalue weighted by Gasteiger charge is -2.08. The highest BCUT2D eigenvalue weighted by Crippen LogP contribution is 2.22. The Labute approximate surface area is 152 Å². The van der Waals surface area contributed by atoms with Gasteiger partial charge in [0.1, 0.15) is 11.3 Å². The molecule has 0 fully saturated rings. The molecule has 0 aromatic heterocycles. The van der Waals surface area contributed by atoms with E-state index in [0.717, 1.165) is 5.56 Å². The molecule has 0 bridgehead atoms. The Morgan fingerprint density at radius 3 is 2.52 bits per heavy atom. The number of phenols is 1. The van der Waals surface area contributed by atoms with Crippen LogP contribution in [-0.2, 0) is 16.1 Å². The highest BCUT2D eigenvalue weighted by atomic mass is 79.9. The van der Waals surface area contributed by atoms with Gasteiger partial charge in [0.05, 0.1) is 0 Å². The third-order valence-corrected chi connectivity index (χ3v) is 3.55. The quantitative estimate of drug-likeness (QED) is 0.660. The lowest BCUT2D eigenvalue weighted by atomic mass is 10.2. The minimum absolute atomic E-state index is 0.0873. The molecule has 2 aromatic carbocycles. The van der Waals surface area contributed by atoms with E-state index in [0.29, 0.717) is 4.47 Å². The number of carbonyl (C=O) groups excluding carboxylic acids is 3. The van der Waals surface area contributed by atoms with Gasteiger partial charge < -0.3 is 15.2 Å². The maximum absolute atomic E-state index is 11.8. The van der Waals surface area contributed by atoms with Gasteiger partial charge in [-0.3, -0.25) is 10.1 Å². The first-order valence-corrected chi connectivity index (χ1v) is 8.02. The zero-order valence-corrected chi connectivity index (χ0v) is 14.6. The van der Waals surface area contributed by atoms with Crippen LogP contribution in [-0.4, -0.2) is 29.6 Å². The van der Waals surface area contributed by atoms with Crippen molar-refractivity contribution < 1.29 is 24.2 Å². The molecule has 0 radical (unpaired) electrons. The number of carbonyl (C=O) groups is 3. The van der Waals surface area contributed by atoms with Crippen molar-refractivity contribution in [1.82, 2.24) is 10.6 Å². The van der Waals surface area contributed by atoms with E-state index in [-0.39, 0.29) is 17.9 Å². The van der Waals surface area contributed by atoms with Crippen molar-refractivity contribution in [3.63, 3.8) is 0 Å². The molecule has 130 valence electrons. The molecule has 0 atom stereocenters. The SMILES string of the molecule is O=C(COC(=O)c1cc(Br)ccc1O)NC(=O)NCc1ccccc1. The largest absolute Gasteiger partial charge is 0.507 e. The van der Waals surface area contributed by atoms with Crippen LogP contribution in [0.4, 0.5) is 4.79 Å². The van der Waals surface area contributed by atoms with Crippen LogP contribution < -0.4 is 10.6 Å². The number of hydrogen-bond acceptors (Lipinski definition) is 5. The summed E-state index contributed by atoms with van der Waals surface area (Å²) in [6.07, 6.45) is 0. The van der Waals surface area contributed by atoms with Gasteiger partial charge in [-0.05, 0) is 23.8 Å². The van der Waals surface area contributed by atoms with Crippen LogP contribution >= 0.6 is 15.9 Å². The molecule has 2 aromatic rings. The van der Waals surface area contributed by atoms with Gasteiger partial charge in [-0.1, -0.05) is 46.3 Å². The molecule has 0 aliphatic carbocycles. The monoisotopic (exact) mass is 406 g/mol. The van der Waals surface area contributed by atoms with Gasteiger partial charge in [0.25, 0.3) is 5.91 Å². The van der Waals surface area contributed by atoms with Gasteiger partial charge in [0.2, 0.25) is 0 Å². The summed E-state index contributed by atoms with van der Waals surface area (Å²) in [5.74, 6) is -1.93. The number of hydrogen-bond donors (Lipinski definition) is 3. The Hall–Kier alpha value is -2.87. The van der Waals surface area contributed by atoms with Crippen molar-refractivity contribution in [2.75, 3.05) is 6.61 Å². The van der Waals surface area contributed by atoms with Crippen LogP contribution in [0.5, 0.6) is 5.75 Å². The first-order valence-electron chi connectivity index (χ1n) is 7.23. The summed E-state index contributed by atoms with van der Waals surface area (Å²) in [5, 5.41) is 14.2. The average Bonchev–Trinajstić information content (AvgIpc) is 2.61. The molecule has 0 saturated heterocycles. The highest BCUT2D eigenvalue weighted by molar-refractivity contribution is 9.10. The molecule has 0 heterocycles. The van der Waals surface area contributed by atoms with Gasteiger partial charge in [-0.2, -0.15) is 0 Å². The van der Waals surface area contributed by atoms with Gasteiger partial charge in [-0.15, -0.1) is 0 Å². The second-order valence-corrected chi connectivity index (χ2v) is 5.87. The van der Waals surface area contributed by atoms with Crippen molar-refractivity contribution in [3.8, 4) is 5.75 Å². The number of urea groups is 1. The molecule has 8 heteroatoms. The Bertz CT molecular complexity index is 780. The van der Waals surface area contributed by atoms with E-state index in [4.69, 9.17) is 4.74 Å². The number of imide groups is 1. The van der Waals surface area contributed by atoms with Crippen LogP contribution in [0.15, 0.2) is 53.0 Å². The van der Waals surface area contributed by atoms with Crippen LogP contribution in [0.3, 0.4) is 0 Å². The van der Waals surface area contributed by atoms with E-state index >= 15 is 0 Å². The maximum atomic E-state index is 11.8. The van der Waals surface area contributed by atoms with E-state index in [2.05, 4.69) is 21.2 Å². The summed E-state index contributed by atoms with van der Waals surface area (Å²) in [6.45, 7) is -0.394. The molecule has 0 spiro atoms. The van der Waals surface area contributed by atoms with Crippen LogP contribution in [0.2, 0.25) is 0 Å². The third-order valence-electron chi connectivity index (χ3n) is 3.06. The van der Waals surface area contributed by atoms with Crippen molar-refractivity contribution in [2.45, 2.75) is 6.54 Å². The Morgan fingerprint density at radius 1 is 1.08 bits per heavy atom. The summed E-state index contributed by atoms with van der Waals surface area (Å²) in [5.41, 5.74) is 0.789. The number of phenolic OH excluding ortho intramolecular Hbond substituents is 1. The molecule has 3 amide bonds. The van der Waals surface area contributed by atoms with Crippen molar-refractivity contribution >= 4 is 33.8 Å². The van der Waals surface area contributed by atoms with Crippen LogP contribution in [0.25, 0.3) is 0 Å². The van der Waals surface area contributed by atoms with Crippen LogP contribution in [0.1, 0.15) is 15.9 Å². The third kappa shape index (κ3) is 5.92. The van der Waals surface area contributed by atoms with E-state index in [1.54, 1.807) is 6.07 Å². The summed E-state index contributed by atoms with van der Waals surface area (Å²) >= 11 is 3.16. The van der Waals surface area contributed by atoms with Gasteiger partial charge in [0.15, 0.2) is 6.61 Å². The number of rotatable bonds is 5. The lowest BCUT2D eigenvalue weighted by Crippen LogP contribution is -2.41. The predicted octanol–water partition coefficient (Wildman–Crippen LogP) is 2.34. The summed E-state index contributed by atoms with van der Waals surface area (Å²) in [7, 11) is 0. The molecule has 0 aliphatic heterocycles. The van der Waals surface area contributed by atoms with Crippen molar-refractivity contribution in [3.05, 3.63) is 64.1 Å². The molecule has 0 unspecified atom stereocenters. The standard InChI is InChI=1S/C17H15BrN2O5/c18-12-6-7-14(21)13(8-12)16(23)25-10-15(22)20-17(24)19-9-11-4-2-1-3-5-11/h1-8,21H,9-10H2,(H2,19,20,22,24). The first-order chi connectivity index (χ1) is 12.0. The average molecular weight is 407 g/mol. The Morgan fingerprint density at radius 2 is 1.80 bits per heavy atom. The lowest BCUT2D eigenvalue weighted by molar-refractivity contribution is -0.123. The smallest absolute Gasteiger partial charge is 0.342 e. The topological polar surface area (TPSA) is 105 Å². The highest BCUT2D eigenvalue weighted by Gasteiger charge is 2.16. The van der Waals surface area contributed by atoms with Gasteiger partial charge >= 0.3 is 12.0 Å². The van der Waals surface area contributed by atoms with E-state index in [1.165, 1.54) is 12.1 Å². The summed E-state index contributed by atoms with van der Waals surface area (Å²) in [4.78, 5) is 35.1. The Kier molecular flexibility index (Phi) is 6.53. The molecule has 25 heavy (non-hydrogen) atoms. The molecular weight excluding hydrogens is 392 g/mol. The summed E-state index contributed by atoms with van der Waals surface area (Å²) in [6, 6.07) is 12.7. The van der Waals surface area contributed by atoms with Crippen LogP contribution in [0, 0.1) is 0 Å². The van der Waals surface area contributed by atoms with E-state index < -0.39 is 24.5 Å². The van der Waals surface area contributed by atoms with Crippen molar-refractivity contribution in [1.29, 1.82) is 0 Å². The van der Waals surface area contributed by atoms with Gasteiger partial charge in [-0.25, -0.2) is 9.59 Å². The fraction of sp³-hybridized carbons (Fsp3) is 0.118. The normalized spacial score (nSPS) is 9.96. The second kappa shape index (κ2) is 8.84. The zero-order valence-electron chi connectivity index (χ0n) is 13.0. The van der Waals surface area contributed by atoms with E-state index in [1.807, 2.05) is 35.6 Å².